The maximum Gasteiger partial charge on any atom is 0.223 e. The summed E-state index contributed by atoms with van der Waals surface area (Å²) in [4.78, 5) is 16.2. The van der Waals surface area contributed by atoms with Crippen LogP contribution in [0.3, 0.4) is 0 Å². The summed E-state index contributed by atoms with van der Waals surface area (Å²) in [5, 5.41) is 11.0. The minimum atomic E-state index is -1.17. The molecular weight excluding hydrogens is 354 g/mol. The summed E-state index contributed by atoms with van der Waals surface area (Å²) in [6.07, 6.45) is 1.51. The van der Waals surface area contributed by atoms with Crippen molar-refractivity contribution in [3.63, 3.8) is 0 Å². The van der Waals surface area contributed by atoms with Gasteiger partial charge in [-0.15, -0.1) is 11.3 Å². The number of carbonyl (C=O) groups is 1. The van der Waals surface area contributed by atoms with Crippen molar-refractivity contribution in [1.82, 2.24) is 4.98 Å². The normalized spacial score (nSPS) is 12.0. The summed E-state index contributed by atoms with van der Waals surface area (Å²) in [5.74, 6) is -0.857. The van der Waals surface area contributed by atoms with Crippen LogP contribution in [0.1, 0.15) is 17.2 Å². The number of benzene rings is 1. The SMILES string of the molecule is O=C([O-])C/C(=C\c1ccc(Br)s1)c1nc2ccccc2o1. The highest BCUT2D eigenvalue weighted by atomic mass is 79.9. The topological polar surface area (TPSA) is 66.2 Å². The highest BCUT2D eigenvalue weighted by Gasteiger charge is 2.12. The zero-order chi connectivity index (χ0) is 14.8. The molecule has 21 heavy (non-hydrogen) atoms. The number of oxazole rings is 1. The molecular formula is C15H9BrNO3S-. The van der Waals surface area contributed by atoms with Gasteiger partial charge in [0.05, 0.1) is 3.79 Å². The van der Waals surface area contributed by atoms with Crippen molar-refractivity contribution in [3.8, 4) is 0 Å². The molecule has 6 heteroatoms. The molecule has 106 valence electrons. The summed E-state index contributed by atoms with van der Waals surface area (Å²) in [6.45, 7) is 0. The van der Waals surface area contributed by atoms with Crippen LogP contribution in [0.2, 0.25) is 0 Å². The summed E-state index contributed by atoms with van der Waals surface area (Å²) in [6, 6.07) is 11.1. The molecule has 0 aliphatic heterocycles. The lowest BCUT2D eigenvalue weighted by Gasteiger charge is -2.03. The second-order valence-electron chi connectivity index (χ2n) is 4.35. The Balaban J connectivity index is 2.06. The molecule has 2 aromatic heterocycles. The van der Waals surface area contributed by atoms with Crippen molar-refractivity contribution in [2.75, 3.05) is 0 Å². The molecule has 0 amide bonds. The van der Waals surface area contributed by atoms with Crippen LogP contribution in [0.4, 0.5) is 0 Å². The Morgan fingerprint density at radius 3 is 2.81 bits per heavy atom. The Hall–Kier alpha value is -1.92. The predicted octanol–water partition coefficient (Wildman–Crippen LogP) is 3.33. The Labute approximate surface area is 132 Å². The van der Waals surface area contributed by atoms with Crippen LogP contribution in [0.25, 0.3) is 22.7 Å². The molecule has 0 unspecified atom stereocenters. The molecule has 0 radical (unpaired) electrons. The first kappa shape index (κ1) is 14.0. The average molecular weight is 363 g/mol. The quantitative estimate of drug-likeness (QED) is 0.713. The Bertz CT molecular complexity index is 801. The third-order valence-corrected chi connectivity index (χ3v) is 4.38. The fraction of sp³-hybridized carbons (Fsp3) is 0.0667. The van der Waals surface area contributed by atoms with E-state index in [4.69, 9.17) is 4.42 Å². The molecule has 3 aromatic rings. The molecule has 0 fully saturated rings. The van der Waals surface area contributed by atoms with E-state index in [0.717, 1.165) is 8.66 Å². The number of hydrogen-bond acceptors (Lipinski definition) is 5. The van der Waals surface area contributed by atoms with Gasteiger partial charge in [-0.05, 0) is 46.3 Å². The van der Waals surface area contributed by atoms with Gasteiger partial charge in [0.1, 0.15) is 5.52 Å². The number of hydrogen-bond donors (Lipinski definition) is 0. The molecule has 0 bridgehead atoms. The highest BCUT2D eigenvalue weighted by molar-refractivity contribution is 9.11. The maximum absolute atomic E-state index is 11.0. The van der Waals surface area contributed by atoms with Gasteiger partial charge >= 0.3 is 0 Å². The molecule has 4 nitrogen and oxygen atoms in total. The van der Waals surface area contributed by atoms with Crippen LogP contribution in [-0.2, 0) is 4.79 Å². The van der Waals surface area contributed by atoms with Crippen molar-refractivity contribution in [3.05, 3.63) is 51.0 Å². The number of halogens is 1. The number of rotatable bonds is 4. The highest BCUT2D eigenvalue weighted by Crippen LogP contribution is 2.29. The number of carboxylic acids is 1. The number of aromatic nitrogens is 1. The van der Waals surface area contributed by atoms with Crippen LogP contribution in [0, 0.1) is 0 Å². The number of fused-ring (bicyclic) bond motifs is 1. The Morgan fingerprint density at radius 2 is 2.14 bits per heavy atom. The van der Waals surface area contributed by atoms with E-state index in [0.29, 0.717) is 22.6 Å². The lowest BCUT2D eigenvalue weighted by atomic mass is 10.1. The molecule has 0 saturated heterocycles. The molecule has 0 aliphatic carbocycles. The monoisotopic (exact) mass is 362 g/mol. The van der Waals surface area contributed by atoms with Gasteiger partial charge in [0.2, 0.25) is 5.89 Å². The zero-order valence-electron chi connectivity index (χ0n) is 10.7. The van der Waals surface area contributed by atoms with Crippen molar-refractivity contribution in [2.24, 2.45) is 0 Å². The van der Waals surface area contributed by atoms with Crippen molar-refractivity contribution < 1.29 is 14.3 Å². The summed E-state index contributed by atoms with van der Waals surface area (Å²) < 4.78 is 6.60. The average Bonchev–Trinajstić information content (AvgIpc) is 3.03. The van der Waals surface area contributed by atoms with E-state index in [9.17, 15) is 9.90 Å². The van der Waals surface area contributed by atoms with Crippen molar-refractivity contribution in [2.45, 2.75) is 6.42 Å². The Morgan fingerprint density at radius 1 is 1.33 bits per heavy atom. The van der Waals surface area contributed by atoms with Crippen molar-refractivity contribution >= 4 is 56.0 Å². The van der Waals surface area contributed by atoms with E-state index in [1.165, 1.54) is 11.3 Å². The molecule has 0 saturated carbocycles. The number of thiophene rings is 1. The van der Waals surface area contributed by atoms with Crippen LogP contribution >= 0.6 is 27.3 Å². The summed E-state index contributed by atoms with van der Waals surface area (Å²) in [7, 11) is 0. The standard InChI is InChI=1S/C15H10BrNO3S/c16-13-6-5-10(21-13)7-9(8-14(18)19)15-17-11-3-1-2-4-12(11)20-15/h1-7H,8H2,(H,18,19)/p-1/b9-7+. The third-order valence-electron chi connectivity index (χ3n) is 2.81. The molecule has 0 atom stereocenters. The molecule has 0 N–H and O–H groups in total. The zero-order valence-corrected chi connectivity index (χ0v) is 13.1. The second-order valence-corrected chi connectivity index (χ2v) is 6.84. The third kappa shape index (κ3) is 3.22. The summed E-state index contributed by atoms with van der Waals surface area (Å²) in [5.41, 5.74) is 1.81. The van der Waals surface area contributed by atoms with E-state index in [2.05, 4.69) is 20.9 Å². The number of carbonyl (C=O) groups excluding carboxylic acids is 1. The van der Waals surface area contributed by atoms with Gasteiger partial charge in [0.25, 0.3) is 0 Å². The second kappa shape index (κ2) is 5.83. The molecule has 0 aliphatic rings. The first-order valence-corrected chi connectivity index (χ1v) is 7.74. The maximum atomic E-state index is 11.0. The fourth-order valence-electron chi connectivity index (χ4n) is 1.93. The lowest BCUT2D eigenvalue weighted by molar-refractivity contribution is -0.304. The molecule has 0 spiro atoms. The smallest absolute Gasteiger partial charge is 0.223 e. The minimum absolute atomic E-state index is 0.248. The largest absolute Gasteiger partial charge is 0.550 e. The Kier molecular flexibility index (Phi) is 3.90. The van der Waals surface area contributed by atoms with Crippen molar-refractivity contribution in [1.29, 1.82) is 0 Å². The van der Waals surface area contributed by atoms with E-state index in [-0.39, 0.29) is 6.42 Å². The number of nitrogens with zero attached hydrogens (tertiary/aromatic N) is 1. The van der Waals surface area contributed by atoms with Crippen LogP contribution in [0.5, 0.6) is 0 Å². The van der Waals surface area contributed by atoms with Gasteiger partial charge < -0.3 is 14.3 Å². The van der Waals surface area contributed by atoms with Crippen LogP contribution < -0.4 is 5.11 Å². The van der Waals surface area contributed by atoms with E-state index in [1.54, 1.807) is 12.1 Å². The van der Waals surface area contributed by atoms with Gasteiger partial charge in [-0.2, -0.15) is 0 Å². The number of carboxylic acid groups (broad SMARTS) is 1. The molecule has 2 heterocycles. The van der Waals surface area contributed by atoms with Gasteiger partial charge in [-0.25, -0.2) is 4.98 Å². The number of para-hydroxylation sites is 2. The fourth-order valence-corrected chi connectivity index (χ4v) is 3.32. The van der Waals surface area contributed by atoms with Gasteiger partial charge in [0.15, 0.2) is 5.58 Å². The van der Waals surface area contributed by atoms with E-state index in [1.807, 2.05) is 30.3 Å². The molecule has 3 rings (SSSR count). The predicted molar refractivity (Wildman–Crippen MR) is 83.5 cm³/mol. The van der Waals surface area contributed by atoms with E-state index >= 15 is 0 Å². The lowest BCUT2D eigenvalue weighted by Crippen LogP contribution is -2.22. The van der Waals surface area contributed by atoms with Gasteiger partial charge in [0, 0.05) is 22.8 Å². The van der Waals surface area contributed by atoms with Gasteiger partial charge in [-0.1, -0.05) is 12.1 Å². The first-order chi connectivity index (χ1) is 10.1. The van der Waals surface area contributed by atoms with Crippen LogP contribution in [-0.4, -0.2) is 11.0 Å². The number of aliphatic carboxylic acids is 1. The minimum Gasteiger partial charge on any atom is -0.550 e. The van der Waals surface area contributed by atoms with E-state index < -0.39 is 5.97 Å². The summed E-state index contributed by atoms with van der Waals surface area (Å²) >= 11 is 4.88. The van der Waals surface area contributed by atoms with Crippen LogP contribution in [0.15, 0.2) is 44.6 Å². The van der Waals surface area contributed by atoms with Gasteiger partial charge in [-0.3, -0.25) is 0 Å². The molecule has 1 aromatic carbocycles. The first-order valence-electron chi connectivity index (χ1n) is 6.13.